The molecule has 0 unspecified atom stereocenters. The largest absolute Gasteiger partial charge is 0.420 e. The molecule has 0 atom stereocenters. The highest BCUT2D eigenvalue weighted by Gasteiger charge is 2.15. The van der Waals surface area contributed by atoms with Crippen molar-refractivity contribution >= 4 is 10.9 Å². The Hall–Kier alpha value is -2.95. The van der Waals surface area contributed by atoms with Crippen LogP contribution >= 0.6 is 0 Å². The minimum absolute atomic E-state index is 0.242. The van der Waals surface area contributed by atoms with Gasteiger partial charge in [-0.25, -0.2) is 4.39 Å². The fourth-order valence-electron chi connectivity index (χ4n) is 2.78. The molecule has 114 valence electrons. The minimum Gasteiger partial charge on any atom is -0.420 e. The summed E-state index contributed by atoms with van der Waals surface area (Å²) in [7, 11) is 0. The highest BCUT2D eigenvalue weighted by Crippen LogP contribution is 2.28. The molecule has 0 spiro atoms. The van der Waals surface area contributed by atoms with Crippen molar-refractivity contribution in [2.45, 2.75) is 13.5 Å². The summed E-state index contributed by atoms with van der Waals surface area (Å²) in [6.45, 7) is 2.29. The fourth-order valence-corrected chi connectivity index (χ4v) is 2.78. The summed E-state index contributed by atoms with van der Waals surface area (Å²) < 4.78 is 21.1. The maximum Gasteiger partial charge on any atom is 0.264 e. The Bertz CT molecular complexity index is 987. The van der Waals surface area contributed by atoms with Crippen LogP contribution in [0.25, 0.3) is 22.5 Å². The van der Waals surface area contributed by atoms with Crippen molar-refractivity contribution in [3.05, 3.63) is 71.9 Å². The number of benzene rings is 2. The minimum atomic E-state index is -0.242. The third-order valence-corrected chi connectivity index (χ3v) is 3.79. The number of para-hydroxylation sites is 1. The van der Waals surface area contributed by atoms with Gasteiger partial charge in [0.15, 0.2) is 0 Å². The van der Waals surface area contributed by atoms with Crippen molar-refractivity contribution in [3.63, 3.8) is 0 Å². The summed E-state index contributed by atoms with van der Waals surface area (Å²) in [5, 5.41) is 9.10. The summed E-state index contributed by atoms with van der Waals surface area (Å²) in [6.07, 6.45) is 0. The average Bonchev–Trinajstić information content (AvgIpc) is 3.12. The first-order valence-corrected chi connectivity index (χ1v) is 7.34. The first-order valence-electron chi connectivity index (χ1n) is 7.34. The molecule has 0 N–H and O–H groups in total. The van der Waals surface area contributed by atoms with Crippen LogP contribution in [0, 0.1) is 12.7 Å². The molecular formula is C18H14FN3O. The van der Waals surface area contributed by atoms with Gasteiger partial charge in [-0.3, -0.25) is 0 Å². The van der Waals surface area contributed by atoms with Crippen LogP contribution in [-0.4, -0.2) is 14.8 Å². The van der Waals surface area contributed by atoms with E-state index in [9.17, 15) is 4.39 Å². The van der Waals surface area contributed by atoms with E-state index in [-0.39, 0.29) is 5.82 Å². The molecule has 0 saturated carbocycles. The first-order chi connectivity index (χ1) is 11.2. The highest BCUT2D eigenvalue weighted by molar-refractivity contribution is 5.85. The van der Waals surface area contributed by atoms with Gasteiger partial charge in [0.1, 0.15) is 11.5 Å². The molecular weight excluding hydrogens is 293 g/mol. The van der Waals surface area contributed by atoms with Crippen molar-refractivity contribution in [1.82, 2.24) is 14.8 Å². The monoisotopic (exact) mass is 307 g/mol. The molecule has 5 heteroatoms. The molecule has 4 nitrogen and oxygen atoms in total. The molecule has 4 aromatic rings. The second-order valence-electron chi connectivity index (χ2n) is 5.43. The molecule has 0 saturated heterocycles. The van der Waals surface area contributed by atoms with Gasteiger partial charge in [-0.2, -0.15) is 0 Å². The number of fused-ring (bicyclic) bond motifs is 1. The van der Waals surface area contributed by atoms with Crippen LogP contribution in [-0.2, 0) is 6.54 Å². The van der Waals surface area contributed by atoms with Gasteiger partial charge in [0.05, 0.1) is 0 Å². The second kappa shape index (κ2) is 5.35. The van der Waals surface area contributed by atoms with Crippen molar-refractivity contribution in [2.75, 3.05) is 0 Å². The Morgan fingerprint density at radius 2 is 1.91 bits per heavy atom. The summed E-state index contributed by atoms with van der Waals surface area (Å²) in [4.78, 5) is 0. The molecule has 2 heterocycles. The fraction of sp³-hybridized carbons (Fsp3) is 0.111. The zero-order chi connectivity index (χ0) is 15.8. The van der Waals surface area contributed by atoms with Gasteiger partial charge in [-0.05, 0) is 29.8 Å². The molecule has 0 aliphatic heterocycles. The molecule has 0 aliphatic carbocycles. The smallest absolute Gasteiger partial charge is 0.264 e. The third-order valence-electron chi connectivity index (χ3n) is 3.79. The Kier molecular flexibility index (Phi) is 3.19. The van der Waals surface area contributed by atoms with Crippen molar-refractivity contribution in [2.24, 2.45) is 0 Å². The predicted octanol–water partition coefficient (Wildman–Crippen LogP) is 4.19. The van der Waals surface area contributed by atoms with E-state index >= 15 is 0 Å². The van der Waals surface area contributed by atoms with Gasteiger partial charge in [-0.15, -0.1) is 10.2 Å². The molecule has 0 amide bonds. The lowest BCUT2D eigenvalue weighted by atomic mass is 10.2. The highest BCUT2D eigenvalue weighted by atomic mass is 19.1. The SMILES string of the molecule is Cc1nnc(-c2cc3ccccc3n2Cc2cccc(F)c2)o1. The van der Waals surface area contributed by atoms with Crippen molar-refractivity contribution in [3.8, 4) is 11.6 Å². The molecule has 23 heavy (non-hydrogen) atoms. The van der Waals surface area contributed by atoms with Crippen LogP contribution in [0.4, 0.5) is 4.39 Å². The quantitative estimate of drug-likeness (QED) is 0.570. The number of rotatable bonds is 3. The Balaban J connectivity index is 1.89. The van der Waals surface area contributed by atoms with Crippen LogP contribution in [0.3, 0.4) is 0 Å². The van der Waals surface area contributed by atoms with E-state index in [0.29, 0.717) is 18.3 Å². The number of aryl methyl sites for hydroxylation is 1. The maximum atomic E-state index is 13.5. The third kappa shape index (κ3) is 2.50. The van der Waals surface area contributed by atoms with Crippen LogP contribution in [0.5, 0.6) is 0 Å². The number of halogens is 1. The van der Waals surface area contributed by atoms with E-state index in [2.05, 4.69) is 14.8 Å². The molecule has 0 radical (unpaired) electrons. The van der Waals surface area contributed by atoms with Gasteiger partial charge < -0.3 is 8.98 Å². The first kappa shape index (κ1) is 13.7. The molecule has 4 rings (SSSR count). The lowest BCUT2D eigenvalue weighted by Crippen LogP contribution is -2.02. The van der Waals surface area contributed by atoms with Crippen molar-refractivity contribution in [1.29, 1.82) is 0 Å². The molecule has 2 aromatic heterocycles. The average molecular weight is 307 g/mol. The Morgan fingerprint density at radius 3 is 2.70 bits per heavy atom. The van der Waals surface area contributed by atoms with E-state index in [1.165, 1.54) is 12.1 Å². The lowest BCUT2D eigenvalue weighted by Gasteiger charge is -2.09. The van der Waals surface area contributed by atoms with Gasteiger partial charge in [0.2, 0.25) is 5.89 Å². The second-order valence-corrected chi connectivity index (χ2v) is 5.43. The summed E-state index contributed by atoms with van der Waals surface area (Å²) in [5.74, 6) is 0.742. The summed E-state index contributed by atoms with van der Waals surface area (Å²) in [5.41, 5.74) is 2.75. The van der Waals surface area contributed by atoms with E-state index < -0.39 is 0 Å². The zero-order valence-electron chi connectivity index (χ0n) is 12.5. The van der Waals surface area contributed by atoms with Crippen molar-refractivity contribution < 1.29 is 8.81 Å². The molecule has 0 aliphatic rings. The summed E-state index contributed by atoms with van der Waals surface area (Å²) in [6, 6.07) is 16.6. The molecule has 0 bridgehead atoms. The number of nitrogens with zero attached hydrogens (tertiary/aromatic N) is 3. The van der Waals surface area contributed by atoms with Gasteiger partial charge in [-0.1, -0.05) is 30.3 Å². The Morgan fingerprint density at radius 1 is 1.04 bits per heavy atom. The lowest BCUT2D eigenvalue weighted by molar-refractivity contribution is 0.528. The van der Waals surface area contributed by atoms with E-state index in [1.807, 2.05) is 36.4 Å². The standard InChI is InChI=1S/C18H14FN3O/c1-12-20-21-18(23-12)17-10-14-6-2-3-8-16(14)22(17)11-13-5-4-7-15(19)9-13/h2-10H,11H2,1H3. The van der Waals surface area contributed by atoms with Gasteiger partial charge in [0.25, 0.3) is 5.89 Å². The van der Waals surface area contributed by atoms with Gasteiger partial charge in [0, 0.05) is 24.4 Å². The van der Waals surface area contributed by atoms with Gasteiger partial charge >= 0.3 is 0 Å². The number of hydrogen-bond acceptors (Lipinski definition) is 3. The van der Waals surface area contributed by atoms with E-state index in [4.69, 9.17) is 4.42 Å². The normalized spacial score (nSPS) is 11.2. The van der Waals surface area contributed by atoms with E-state index in [1.54, 1.807) is 13.0 Å². The maximum absolute atomic E-state index is 13.5. The van der Waals surface area contributed by atoms with Crippen LogP contribution in [0.1, 0.15) is 11.5 Å². The topological polar surface area (TPSA) is 43.9 Å². The molecule has 0 fully saturated rings. The van der Waals surface area contributed by atoms with Crippen LogP contribution in [0.2, 0.25) is 0 Å². The zero-order valence-corrected chi connectivity index (χ0v) is 12.5. The summed E-state index contributed by atoms with van der Waals surface area (Å²) >= 11 is 0. The predicted molar refractivity (Wildman–Crippen MR) is 85.5 cm³/mol. The Labute approximate surface area is 132 Å². The van der Waals surface area contributed by atoms with E-state index in [0.717, 1.165) is 22.2 Å². The van der Waals surface area contributed by atoms with Crippen LogP contribution in [0.15, 0.2) is 59.0 Å². The number of hydrogen-bond donors (Lipinski definition) is 0. The number of aromatic nitrogens is 3. The van der Waals surface area contributed by atoms with Crippen LogP contribution < -0.4 is 0 Å². The molecule has 2 aromatic carbocycles.